The molecule has 0 aliphatic carbocycles. The third-order valence-corrected chi connectivity index (χ3v) is 5.87. The van der Waals surface area contributed by atoms with Gasteiger partial charge in [-0.1, -0.05) is 0 Å². The highest BCUT2D eigenvalue weighted by molar-refractivity contribution is 6.01. The van der Waals surface area contributed by atoms with Gasteiger partial charge in [0.2, 0.25) is 0 Å². The fraction of sp³-hybridized carbons (Fsp3) is 0.560. The van der Waals surface area contributed by atoms with Crippen molar-refractivity contribution in [1.82, 2.24) is 19.4 Å². The lowest BCUT2D eigenvalue weighted by molar-refractivity contribution is 0.0204. The number of nitrogens with zero attached hydrogens (tertiary/aromatic N) is 6. The highest BCUT2D eigenvalue weighted by Crippen LogP contribution is 2.36. The molecule has 0 saturated carbocycles. The Morgan fingerprint density at radius 1 is 1.29 bits per heavy atom. The van der Waals surface area contributed by atoms with Gasteiger partial charge in [-0.15, -0.1) is 0 Å². The van der Waals surface area contributed by atoms with Crippen LogP contribution in [0.5, 0.6) is 5.75 Å². The van der Waals surface area contributed by atoms with Crippen molar-refractivity contribution in [3.05, 3.63) is 29.8 Å². The highest BCUT2D eigenvalue weighted by Gasteiger charge is 2.29. The van der Waals surface area contributed by atoms with Crippen molar-refractivity contribution in [3.63, 3.8) is 0 Å². The molecule has 0 unspecified atom stereocenters. The van der Waals surface area contributed by atoms with Gasteiger partial charge in [0.25, 0.3) is 0 Å². The molecule has 35 heavy (non-hydrogen) atoms. The number of pyridine rings is 1. The molecule has 1 amide bonds. The minimum Gasteiger partial charge on any atom is -0.491 e. The van der Waals surface area contributed by atoms with Gasteiger partial charge in [-0.25, -0.2) is 14.8 Å². The van der Waals surface area contributed by atoms with Gasteiger partial charge in [0.05, 0.1) is 18.4 Å². The van der Waals surface area contributed by atoms with Gasteiger partial charge >= 0.3 is 6.09 Å². The van der Waals surface area contributed by atoms with Crippen LogP contribution in [0.3, 0.4) is 0 Å². The van der Waals surface area contributed by atoms with E-state index in [9.17, 15) is 4.79 Å². The zero-order chi connectivity index (χ0) is 25.2. The number of ether oxygens (including phenoxy) is 2. The Bertz CT molecular complexity index is 1120. The van der Waals surface area contributed by atoms with E-state index in [0.29, 0.717) is 37.8 Å². The second kappa shape index (κ2) is 10.1. The van der Waals surface area contributed by atoms with Crippen molar-refractivity contribution in [2.24, 2.45) is 15.7 Å². The summed E-state index contributed by atoms with van der Waals surface area (Å²) in [5.41, 5.74) is 7.53. The van der Waals surface area contributed by atoms with Gasteiger partial charge in [0.1, 0.15) is 29.5 Å². The number of aromatic nitrogens is 3. The maximum atomic E-state index is 12.4. The molecule has 2 aliphatic rings. The zero-order valence-electron chi connectivity index (χ0n) is 21.2. The fourth-order valence-corrected chi connectivity index (χ4v) is 4.29. The Kier molecular flexibility index (Phi) is 7.09. The fourth-order valence-electron chi connectivity index (χ4n) is 4.29. The predicted octanol–water partition coefficient (Wildman–Crippen LogP) is 3.59. The SMILES string of the molecule is CC(C)N=C(N=CN)c1cn2c(n1)-c1cnc(C3CCN(C(=O)OC(C)(C)C)CC3)cc1OCC2. The number of hydrogen-bond acceptors (Lipinski definition) is 6. The van der Waals surface area contributed by atoms with Crippen LogP contribution in [0.1, 0.15) is 64.8 Å². The van der Waals surface area contributed by atoms with E-state index in [2.05, 4.69) is 9.98 Å². The van der Waals surface area contributed by atoms with E-state index in [1.807, 2.05) is 57.6 Å². The van der Waals surface area contributed by atoms with Crippen molar-refractivity contribution in [3.8, 4) is 17.1 Å². The maximum absolute atomic E-state index is 12.4. The summed E-state index contributed by atoms with van der Waals surface area (Å²) >= 11 is 0. The summed E-state index contributed by atoms with van der Waals surface area (Å²) < 4.78 is 13.6. The van der Waals surface area contributed by atoms with Crippen LogP contribution in [0, 0.1) is 0 Å². The second-order valence-electron chi connectivity index (χ2n) is 10.2. The molecule has 10 heteroatoms. The Morgan fingerprint density at radius 3 is 2.69 bits per heavy atom. The zero-order valence-corrected chi connectivity index (χ0v) is 21.2. The van der Waals surface area contributed by atoms with E-state index in [-0.39, 0.29) is 18.1 Å². The van der Waals surface area contributed by atoms with Crippen LogP contribution in [-0.4, -0.2) is 69.0 Å². The maximum Gasteiger partial charge on any atom is 0.410 e. The van der Waals surface area contributed by atoms with E-state index >= 15 is 0 Å². The van der Waals surface area contributed by atoms with E-state index in [4.69, 9.17) is 25.2 Å². The summed E-state index contributed by atoms with van der Waals surface area (Å²) in [4.78, 5) is 32.5. The van der Waals surface area contributed by atoms with Gasteiger partial charge in [-0.3, -0.25) is 9.98 Å². The Hall–Kier alpha value is -3.43. The van der Waals surface area contributed by atoms with Crippen molar-refractivity contribution in [1.29, 1.82) is 0 Å². The van der Waals surface area contributed by atoms with Crippen molar-refractivity contribution < 1.29 is 14.3 Å². The minimum atomic E-state index is -0.493. The van der Waals surface area contributed by atoms with E-state index in [1.165, 1.54) is 6.34 Å². The molecule has 2 N–H and O–H groups in total. The number of amidine groups is 1. The topological polar surface area (TPSA) is 120 Å². The molecule has 0 atom stereocenters. The van der Waals surface area contributed by atoms with Crippen molar-refractivity contribution in [2.45, 2.75) is 71.6 Å². The quantitative estimate of drug-likeness (QED) is 0.528. The molecule has 4 rings (SSSR count). The summed E-state index contributed by atoms with van der Waals surface area (Å²) in [6.45, 7) is 12.1. The molecule has 0 spiro atoms. The number of imidazole rings is 1. The van der Waals surface area contributed by atoms with Gasteiger partial charge < -0.3 is 24.7 Å². The largest absolute Gasteiger partial charge is 0.491 e. The number of rotatable bonds is 3. The smallest absolute Gasteiger partial charge is 0.410 e. The molecular formula is C25H35N7O3. The number of likely N-dealkylation sites (tertiary alicyclic amines) is 1. The molecule has 10 nitrogen and oxygen atoms in total. The van der Waals surface area contributed by atoms with Gasteiger partial charge in [-0.05, 0) is 47.5 Å². The number of amides is 1. The lowest BCUT2D eigenvalue weighted by Crippen LogP contribution is -2.41. The number of fused-ring (bicyclic) bond motifs is 3. The summed E-state index contributed by atoms with van der Waals surface area (Å²) in [7, 11) is 0. The normalized spacial score (nSPS) is 17.2. The molecular weight excluding hydrogens is 446 g/mol. The Morgan fingerprint density at radius 2 is 2.03 bits per heavy atom. The summed E-state index contributed by atoms with van der Waals surface area (Å²) in [6.07, 6.45) is 6.42. The second-order valence-corrected chi connectivity index (χ2v) is 10.2. The van der Waals surface area contributed by atoms with Crippen molar-refractivity contribution in [2.75, 3.05) is 19.7 Å². The molecule has 188 valence electrons. The van der Waals surface area contributed by atoms with Gasteiger partial charge in [0, 0.05) is 49.2 Å². The highest BCUT2D eigenvalue weighted by atomic mass is 16.6. The Labute approximate surface area is 206 Å². The van der Waals surface area contributed by atoms with Crippen molar-refractivity contribution >= 4 is 18.3 Å². The Balaban J connectivity index is 1.53. The number of hydrogen-bond donors (Lipinski definition) is 1. The first kappa shape index (κ1) is 24.7. The first-order valence-electron chi connectivity index (χ1n) is 12.1. The van der Waals surface area contributed by atoms with Crippen LogP contribution >= 0.6 is 0 Å². The lowest BCUT2D eigenvalue weighted by Gasteiger charge is -2.33. The molecule has 0 radical (unpaired) electrons. The summed E-state index contributed by atoms with van der Waals surface area (Å²) in [5, 5.41) is 0. The average molecular weight is 482 g/mol. The first-order chi connectivity index (χ1) is 16.6. The lowest BCUT2D eigenvalue weighted by atomic mass is 9.92. The minimum absolute atomic E-state index is 0.0665. The number of piperidine rings is 1. The number of nitrogens with two attached hydrogens (primary N) is 1. The standard InChI is InChI=1S/C25H35N7O3/c1-16(2)29-22(28-15-26)20-14-32-10-11-34-21-12-19(27-13-18(21)23(32)30-20)17-6-8-31(9-7-17)24(33)35-25(3,4)5/h12-17H,6-11H2,1-5H3,(H2,26,28,29). The van der Waals surface area contributed by atoms with Crippen LogP contribution < -0.4 is 10.5 Å². The molecule has 4 heterocycles. The van der Waals surface area contributed by atoms with Crippen LogP contribution in [-0.2, 0) is 11.3 Å². The molecule has 0 aromatic carbocycles. The third-order valence-electron chi connectivity index (χ3n) is 5.87. The third kappa shape index (κ3) is 5.80. The van der Waals surface area contributed by atoms with Gasteiger partial charge in [0.15, 0.2) is 5.84 Å². The molecule has 2 aromatic rings. The number of aliphatic imine (C=N–C) groups is 2. The van der Waals surface area contributed by atoms with Crippen LogP contribution in [0.25, 0.3) is 11.4 Å². The molecule has 1 saturated heterocycles. The number of carbonyl (C=O) groups is 1. The molecule has 2 aromatic heterocycles. The summed E-state index contributed by atoms with van der Waals surface area (Å²) in [6, 6.07) is 2.09. The van der Waals surface area contributed by atoms with E-state index < -0.39 is 5.60 Å². The molecule has 2 aliphatic heterocycles. The molecule has 0 bridgehead atoms. The van der Waals surface area contributed by atoms with Gasteiger partial charge in [-0.2, -0.15) is 0 Å². The van der Waals surface area contributed by atoms with Crippen LogP contribution in [0.2, 0.25) is 0 Å². The van der Waals surface area contributed by atoms with Crippen LogP contribution in [0.4, 0.5) is 4.79 Å². The van der Waals surface area contributed by atoms with E-state index in [1.54, 1.807) is 4.90 Å². The first-order valence-corrected chi connectivity index (χ1v) is 12.1. The predicted molar refractivity (Wildman–Crippen MR) is 135 cm³/mol. The molecule has 1 fully saturated rings. The average Bonchev–Trinajstić information content (AvgIpc) is 3.14. The summed E-state index contributed by atoms with van der Waals surface area (Å²) in [5.74, 6) is 2.30. The van der Waals surface area contributed by atoms with E-state index in [0.717, 1.165) is 35.7 Å². The monoisotopic (exact) mass is 481 g/mol. The number of carbonyl (C=O) groups excluding carboxylic acids is 1. The van der Waals surface area contributed by atoms with Crippen LogP contribution in [0.15, 0.2) is 28.4 Å².